The molecule has 0 saturated heterocycles. The van der Waals surface area contributed by atoms with Gasteiger partial charge in [0.2, 0.25) is 5.91 Å². The van der Waals surface area contributed by atoms with E-state index in [4.69, 9.17) is 10.5 Å². The lowest BCUT2D eigenvalue weighted by Crippen LogP contribution is -2.45. The van der Waals surface area contributed by atoms with Crippen molar-refractivity contribution in [1.82, 2.24) is 5.32 Å². The van der Waals surface area contributed by atoms with Crippen LogP contribution in [0.15, 0.2) is 24.3 Å². The zero-order chi connectivity index (χ0) is 14.6. The van der Waals surface area contributed by atoms with Gasteiger partial charge in [-0.1, -0.05) is 31.0 Å². The van der Waals surface area contributed by atoms with E-state index in [0.29, 0.717) is 6.54 Å². The Morgan fingerprint density at radius 3 is 2.57 bits per heavy atom. The standard InChI is InChI=1S/C16H24N2O2.ClH/c1-12(17)15(19)18-11-16(9-5-6-10-16)13-7-3-4-8-14(13)20-2;/h3-4,7-8,12H,5-6,9-11,17H2,1-2H3,(H,18,19);1H/t12-;/m0./s1. The van der Waals surface area contributed by atoms with Crippen molar-refractivity contribution in [2.75, 3.05) is 13.7 Å². The molecule has 0 aliphatic heterocycles. The minimum atomic E-state index is -0.467. The Morgan fingerprint density at radius 1 is 1.38 bits per heavy atom. The number of carbonyl (C=O) groups excluding carboxylic acids is 1. The van der Waals surface area contributed by atoms with E-state index < -0.39 is 6.04 Å². The summed E-state index contributed by atoms with van der Waals surface area (Å²) in [6, 6.07) is 7.65. The molecule has 0 heterocycles. The maximum absolute atomic E-state index is 11.8. The van der Waals surface area contributed by atoms with Crippen molar-refractivity contribution in [2.24, 2.45) is 5.73 Å². The normalized spacial score (nSPS) is 17.7. The minimum absolute atomic E-state index is 0. The van der Waals surface area contributed by atoms with Crippen LogP contribution < -0.4 is 15.8 Å². The first-order valence-electron chi connectivity index (χ1n) is 7.26. The van der Waals surface area contributed by atoms with Crippen molar-refractivity contribution in [3.05, 3.63) is 29.8 Å². The summed E-state index contributed by atoms with van der Waals surface area (Å²) in [5.74, 6) is 0.815. The molecule has 1 amide bonds. The van der Waals surface area contributed by atoms with E-state index in [9.17, 15) is 4.79 Å². The van der Waals surface area contributed by atoms with Gasteiger partial charge in [0.15, 0.2) is 0 Å². The fraction of sp³-hybridized carbons (Fsp3) is 0.562. The molecule has 3 N–H and O–H groups in total. The number of halogens is 1. The molecule has 0 spiro atoms. The van der Waals surface area contributed by atoms with Gasteiger partial charge in [-0.2, -0.15) is 0 Å². The Hall–Kier alpha value is -1.26. The third-order valence-corrected chi connectivity index (χ3v) is 4.25. The molecule has 1 aromatic carbocycles. The molecule has 4 nitrogen and oxygen atoms in total. The molecule has 1 fully saturated rings. The average Bonchev–Trinajstić information content (AvgIpc) is 2.94. The van der Waals surface area contributed by atoms with Crippen LogP contribution >= 0.6 is 12.4 Å². The number of nitrogens with one attached hydrogen (secondary N) is 1. The van der Waals surface area contributed by atoms with Crippen LogP contribution in [0.25, 0.3) is 0 Å². The summed E-state index contributed by atoms with van der Waals surface area (Å²) in [6.07, 6.45) is 4.53. The SMILES string of the molecule is COc1ccccc1C1(CNC(=O)[C@H](C)N)CCCC1.Cl. The quantitative estimate of drug-likeness (QED) is 0.877. The maximum atomic E-state index is 11.8. The Morgan fingerprint density at radius 2 is 2.00 bits per heavy atom. The predicted molar refractivity (Wildman–Crippen MR) is 87.0 cm³/mol. The van der Waals surface area contributed by atoms with Crippen molar-refractivity contribution < 1.29 is 9.53 Å². The second kappa shape index (κ2) is 7.66. The second-order valence-electron chi connectivity index (χ2n) is 5.69. The monoisotopic (exact) mass is 312 g/mol. The summed E-state index contributed by atoms with van der Waals surface area (Å²) in [7, 11) is 1.70. The molecule has 1 atom stereocenters. The largest absolute Gasteiger partial charge is 0.496 e. The summed E-state index contributed by atoms with van der Waals surface area (Å²) in [5, 5.41) is 3.00. The van der Waals surface area contributed by atoms with Crippen molar-refractivity contribution in [2.45, 2.75) is 44.1 Å². The van der Waals surface area contributed by atoms with E-state index in [1.807, 2.05) is 18.2 Å². The molecular formula is C16H25ClN2O2. The lowest BCUT2D eigenvalue weighted by Gasteiger charge is -2.31. The third-order valence-electron chi connectivity index (χ3n) is 4.25. The third kappa shape index (κ3) is 3.89. The molecule has 118 valence electrons. The first kappa shape index (κ1) is 17.8. The van der Waals surface area contributed by atoms with Crippen LogP contribution in [-0.2, 0) is 10.2 Å². The van der Waals surface area contributed by atoms with E-state index in [2.05, 4.69) is 11.4 Å². The van der Waals surface area contributed by atoms with Gasteiger partial charge in [-0.05, 0) is 25.8 Å². The van der Waals surface area contributed by atoms with Gasteiger partial charge in [0.05, 0.1) is 13.2 Å². The molecule has 0 aromatic heterocycles. The molecular weight excluding hydrogens is 288 g/mol. The Balaban J connectivity index is 0.00000220. The van der Waals surface area contributed by atoms with Gasteiger partial charge in [-0.25, -0.2) is 0 Å². The predicted octanol–water partition coefficient (Wildman–Crippen LogP) is 2.39. The van der Waals surface area contributed by atoms with Crippen LogP contribution in [0, 0.1) is 0 Å². The minimum Gasteiger partial charge on any atom is -0.496 e. The van der Waals surface area contributed by atoms with Crippen molar-refractivity contribution >= 4 is 18.3 Å². The fourth-order valence-corrected chi connectivity index (χ4v) is 3.09. The molecule has 2 rings (SSSR count). The molecule has 5 heteroatoms. The molecule has 0 radical (unpaired) electrons. The van der Waals surface area contributed by atoms with Gasteiger partial charge < -0.3 is 15.8 Å². The van der Waals surface area contributed by atoms with Crippen molar-refractivity contribution in [3.8, 4) is 5.75 Å². The van der Waals surface area contributed by atoms with Crippen LogP contribution in [0.3, 0.4) is 0 Å². The number of benzene rings is 1. The molecule has 1 saturated carbocycles. The number of methoxy groups -OCH3 is 1. The number of amides is 1. The van der Waals surface area contributed by atoms with Gasteiger partial charge >= 0.3 is 0 Å². The number of para-hydroxylation sites is 1. The number of carbonyl (C=O) groups is 1. The summed E-state index contributed by atoms with van der Waals surface area (Å²) in [6.45, 7) is 2.34. The van der Waals surface area contributed by atoms with Gasteiger partial charge in [0.25, 0.3) is 0 Å². The van der Waals surface area contributed by atoms with E-state index in [0.717, 1.165) is 18.6 Å². The number of ether oxygens (including phenoxy) is 1. The van der Waals surface area contributed by atoms with Gasteiger partial charge in [0, 0.05) is 17.5 Å². The summed E-state index contributed by atoms with van der Waals surface area (Å²) < 4.78 is 5.50. The molecule has 1 aliphatic rings. The Kier molecular flexibility index (Phi) is 6.49. The lowest BCUT2D eigenvalue weighted by molar-refractivity contribution is -0.122. The number of rotatable bonds is 5. The second-order valence-corrected chi connectivity index (χ2v) is 5.69. The zero-order valence-electron chi connectivity index (χ0n) is 12.7. The Bertz CT molecular complexity index is 471. The molecule has 1 aromatic rings. The summed E-state index contributed by atoms with van der Waals surface area (Å²) in [5.41, 5.74) is 6.80. The first-order valence-corrected chi connectivity index (χ1v) is 7.26. The van der Waals surface area contributed by atoms with Crippen LogP contribution in [0.2, 0.25) is 0 Å². The number of nitrogens with two attached hydrogens (primary N) is 1. The average molecular weight is 313 g/mol. The van der Waals surface area contributed by atoms with Crippen LogP contribution in [0.4, 0.5) is 0 Å². The van der Waals surface area contributed by atoms with E-state index in [1.165, 1.54) is 18.4 Å². The van der Waals surface area contributed by atoms with Gasteiger partial charge in [-0.15, -0.1) is 12.4 Å². The molecule has 21 heavy (non-hydrogen) atoms. The molecule has 0 unspecified atom stereocenters. The van der Waals surface area contributed by atoms with E-state index >= 15 is 0 Å². The zero-order valence-corrected chi connectivity index (χ0v) is 13.5. The topological polar surface area (TPSA) is 64.3 Å². The van der Waals surface area contributed by atoms with E-state index in [1.54, 1.807) is 14.0 Å². The van der Waals surface area contributed by atoms with Crippen LogP contribution in [0.5, 0.6) is 5.75 Å². The van der Waals surface area contributed by atoms with Crippen LogP contribution in [-0.4, -0.2) is 25.6 Å². The maximum Gasteiger partial charge on any atom is 0.236 e. The van der Waals surface area contributed by atoms with Crippen molar-refractivity contribution in [3.63, 3.8) is 0 Å². The highest BCUT2D eigenvalue weighted by Crippen LogP contribution is 2.44. The Labute approximate surface area is 132 Å². The highest BCUT2D eigenvalue weighted by atomic mass is 35.5. The summed E-state index contributed by atoms with van der Waals surface area (Å²) in [4.78, 5) is 11.8. The first-order chi connectivity index (χ1) is 9.59. The highest BCUT2D eigenvalue weighted by molar-refractivity contribution is 5.85. The highest BCUT2D eigenvalue weighted by Gasteiger charge is 2.38. The lowest BCUT2D eigenvalue weighted by atomic mass is 9.78. The molecule has 1 aliphatic carbocycles. The molecule has 0 bridgehead atoms. The van der Waals surface area contributed by atoms with Crippen molar-refractivity contribution in [1.29, 1.82) is 0 Å². The van der Waals surface area contributed by atoms with E-state index in [-0.39, 0.29) is 23.7 Å². The van der Waals surface area contributed by atoms with Gasteiger partial charge in [0.1, 0.15) is 5.75 Å². The number of hydrogen-bond acceptors (Lipinski definition) is 3. The number of hydrogen-bond donors (Lipinski definition) is 2. The van der Waals surface area contributed by atoms with Crippen LogP contribution in [0.1, 0.15) is 38.2 Å². The van der Waals surface area contributed by atoms with Gasteiger partial charge in [-0.3, -0.25) is 4.79 Å². The summed E-state index contributed by atoms with van der Waals surface area (Å²) >= 11 is 0. The fourth-order valence-electron chi connectivity index (χ4n) is 3.09. The smallest absolute Gasteiger partial charge is 0.236 e.